The first-order chi connectivity index (χ1) is 9.31. The molecule has 19 heavy (non-hydrogen) atoms. The Morgan fingerprint density at radius 3 is 2.16 bits per heavy atom. The quantitative estimate of drug-likeness (QED) is 0.765. The normalized spacial score (nSPS) is 10.2. The van der Waals surface area contributed by atoms with E-state index in [9.17, 15) is 0 Å². The molecule has 0 aliphatic rings. The first-order valence-electron chi connectivity index (χ1n) is 6.45. The topological polar surface area (TPSA) is 18.5 Å². The minimum absolute atomic E-state index is 0.692. The van der Waals surface area contributed by atoms with E-state index < -0.39 is 0 Å². The summed E-state index contributed by atoms with van der Waals surface area (Å²) in [4.78, 5) is 2.37. The zero-order chi connectivity index (χ0) is 13.5. The van der Waals surface area contributed by atoms with Gasteiger partial charge in [-0.3, -0.25) is 0 Å². The fraction of sp³-hybridized carbons (Fsp3) is 0.250. The minimum Gasteiger partial charge on any atom is -0.494 e. The maximum absolute atomic E-state index is 5.50. The highest BCUT2D eigenvalue weighted by atomic mass is 32.2. The van der Waals surface area contributed by atoms with E-state index in [2.05, 4.69) is 24.3 Å². The summed E-state index contributed by atoms with van der Waals surface area (Å²) in [6, 6.07) is 16.3. The van der Waals surface area contributed by atoms with Crippen LogP contribution in [0.15, 0.2) is 58.3 Å². The molecule has 3 heteroatoms. The summed E-state index contributed by atoms with van der Waals surface area (Å²) in [5.74, 6) is 1.83. The van der Waals surface area contributed by atoms with E-state index in [-0.39, 0.29) is 0 Å². The van der Waals surface area contributed by atoms with Gasteiger partial charge in [-0.1, -0.05) is 17.8 Å². The smallest absolute Gasteiger partial charge is 0.120 e. The van der Waals surface area contributed by atoms with Crippen LogP contribution in [0.4, 0.5) is 0 Å². The molecular weight excluding hydrogens is 256 g/mol. The van der Waals surface area contributed by atoms with Crippen LogP contribution in [0.1, 0.15) is 13.8 Å². The second kappa shape index (κ2) is 7.10. The Kier molecular flexibility index (Phi) is 5.16. The molecule has 2 aromatic carbocycles. The van der Waals surface area contributed by atoms with Gasteiger partial charge >= 0.3 is 0 Å². The fourth-order valence-electron chi connectivity index (χ4n) is 1.70. The highest BCUT2D eigenvalue weighted by molar-refractivity contribution is 7.99. The van der Waals surface area contributed by atoms with Crippen LogP contribution in [-0.2, 0) is 0 Å². The minimum atomic E-state index is 0.692. The molecule has 0 heterocycles. The molecule has 0 saturated heterocycles. The van der Waals surface area contributed by atoms with Crippen LogP contribution in [-0.4, -0.2) is 13.2 Å². The van der Waals surface area contributed by atoms with Crippen molar-refractivity contribution in [1.82, 2.24) is 0 Å². The number of benzene rings is 2. The lowest BCUT2D eigenvalue weighted by Crippen LogP contribution is -1.91. The maximum Gasteiger partial charge on any atom is 0.120 e. The first kappa shape index (κ1) is 13.8. The average Bonchev–Trinajstić information content (AvgIpc) is 2.42. The number of hydrogen-bond acceptors (Lipinski definition) is 3. The summed E-state index contributed by atoms with van der Waals surface area (Å²) in [6.07, 6.45) is 0. The van der Waals surface area contributed by atoms with Crippen molar-refractivity contribution in [2.75, 3.05) is 13.2 Å². The van der Waals surface area contributed by atoms with E-state index in [4.69, 9.17) is 9.47 Å². The van der Waals surface area contributed by atoms with Crippen LogP contribution >= 0.6 is 11.8 Å². The van der Waals surface area contributed by atoms with E-state index in [1.807, 2.05) is 38.1 Å². The SMILES string of the molecule is CCOc1ccc(Sc2cccc(OCC)c2)cc1. The molecule has 0 spiro atoms. The highest BCUT2D eigenvalue weighted by Crippen LogP contribution is 2.31. The van der Waals surface area contributed by atoms with Gasteiger partial charge in [0.05, 0.1) is 13.2 Å². The molecule has 0 N–H and O–H groups in total. The van der Waals surface area contributed by atoms with Gasteiger partial charge in [0, 0.05) is 9.79 Å². The first-order valence-corrected chi connectivity index (χ1v) is 7.27. The summed E-state index contributed by atoms with van der Waals surface area (Å²) < 4.78 is 10.9. The lowest BCUT2D eigenvalue weighted by atomic mass is 10.3. The summed E-state index contributed by atoms with van der Waals surface area (Å²) in [6.45, 7) is 5.37. The Labute approximate surface area is 118 Å². The molecule has 0 unspecified atom stereocenters. The molecular formula is C16H18O2S. The van der Waals surface area contributed by atoms with Crippen molar-refractivity contribution in [3.05, 3.63) is 48.5 Å². The van der Waals surface area contributed by atoms with Gasteiger partial charge in [-0.25, -0.2) is 0 Å². The molecule has 2 rings (SSSR count). The van der Waals surface area contributed by atoms with Crippen molar-refractivity contribution in [1.29, 1.82) is 0 Å². The van der Waals surface area contributed by atoms with Gasteiger partial charge in [0.25, 0.3) is 0 Å². The van der Waals surface area contributed by atoms with Crippen molar-refractivity contribution in [3.8, 4) is 11.5 Å². The van der Waals surface area contributed by atoms with Gasteiger partial charge in [-0.15, -0.1) is 0 Å². The number of ether oxygens (including phenoxy) is 2. The second-order valence-corrected chi connectivity index (χ2v) is 5.06. The molecule has 2 nitrogen and oxygen atoms in total. The van der Waals surface area contributed by atoms with Crippen LogP contribution in [0.3, 0.4) is 0 Å². The Morgan fingerprint density at radius 2 is 1.47 bits per heavy atom. The maximum atomic E-state index is 5.50. The third-order valence-electron chi connectivity index (χ3n) is 2.49. The number of hydrogen-bond donors (Lipinski definition) is 0. The molecule has 0 aliphatic heterocycles. The summed E-state index contributed by atoms with van der Waals surface area (Å²) in [5.41, 5.74) is 0. The molecule has 2 aromatic rings. The van der Waals surface area contributed by atoms with Crippen molar-refractivity contribution >= 4 is 11.8 Å². The molecule has 0 bridgehead atoms. The predicted molar refractivity (Wildman–Crippen MR) is 79.3 cm³/mol. The van der Waals surface area contributed by atoms with Gasteiger partial charge in [-0.2, -0.15) is 0 Å². The largest absolute Gasteiger partial charge is 0.494 e. The Bertz CT molecular complexity index is 508. The standard InChI is InChI=1S/C16H18O2S/c1-3-17-13-8-10-15(11-9-13)19-16-7-5-6-14(12-16)18-4-2/h5-12H,3-4H2,1-2H3. The van der Waals surface area contributed by atoms with Gasteiger partial charge in [-0.05, 0) is 56.3 Å². The lowest BCUT2D eigenvalue weighted by Gasteiger charge is -2.07. The monoisotopic (exact) mass is 274 g/mol. The zero-order valence-electron chi connectivity index (χ0n) is 11.3. The molecule has 0 saturated carbocycles. The molecule has 0 aromatic heterocycles. The van der Waals surface area contributed by atoms with Crippen molar-refractivity contribution < 1.29 is 9.47 Å². The van der Waals surface area contributed by atoms with E-state index >= 15 is 0 Å². The van der Waals surface area contributed by atoms with E-state index in [0.29, 0.717) is 13.2 Å². The summed E-state index contributed by atoms with van der Waals surface area (Å²) in [7, 11) is 0. The van der Waals surface area contributed by atoms with Crippen LogP contribution in [0.25, 0.3) is 0 Å². The molecule has 0 amide bonds. The third-order valence-corrected chi connectivity index (χ3v) is 3.48. The van der Waals surface area contributed by atoms with E-state index in [1.165, 1.54) is 9.79 Å². The van der Waals surface area contributed by atoms with Gasteiger partial charge in [0.2, 0.25) is 0 Å². The molecule has 0 radical (unpaired) electrons. The van der Waals surface area contributed by atoms with Crippen molar-refractivity contribution in [2.45, 2.75) is 23.6 Å². The zero-order valence-corrected chi connectivity index (χ0v) is 12.1. The average molecular weight is 274 g/mol. The van der Waals surface area contributed by atoms with Crippen LogP contribution in [0.2, 0.25) is 0 Å². The van der Waals surface area contributed by atoms with Crippen LogP contribution < -0.4 is 9.47 Å². The van der Waals surface area contributed by atoms with Crippen LogP contribution in [0, 0.1) is 0 Å². The third kappa shape index (κ3) is 4.21. The van der Waals surface area contributed by atoms with Crippen LogP contribution in [0.5, 0.6) is 11.5 Å². The second-order valence-electron chi connectivity index (χ2n) is 3.91. The van der Waals surface area contributed by atoms with Gasteiger partial charge < -0.3 is 9.47 Å². The molecule has 0 aliphatic carbocycles. The van der Waals surface area contributed by atoms with Gasteiger partial charge in [0.1, 0.15) is 11.5 Å². The predicted octanol–water partition coefficient (Wildman–Crippen LogP) is 4.64. The molecule has 100 valence electrons. The Morgan fingerprint density at radius 1 is 0.789 bits per heavy atom. The summed E-state index contributed by atoms with van der Waals surface area (Å²) in [5, 5.41) is 0. The lowest BCUT2D eigenvalue weighted by molar-refractivity contribution is 0.339. The summed E-state index contributed by atoms with van der Waals surface area (Å²) >= 11 is 1.72. The number of rotatable bonds is 6. The molecule has 0 atom stereocenters. The van der Waals surface area contributed by atoms with E-state index in [1.54, 1.807) is 11.8 Å². The van der Waals surface area contributed by atoms with Gasteiger partial charge in [0.15, 0.2) is 0 Å². The van der Waals surface area contributed by atoms with Crippen molar-refractivity contribution in [3.63, 3.8) is 0 Å². The highest BCUT2D eigenvalue weighted by Gasteiger charge is 2.00. The van der Waals surface area contributed by atoms with Crippen molar-refractivity contribution in [2.24, 2.45) is 0 Å². The molecule has 0 fully saturated rings. The Hall–Kier alpha value is -1.61. The van der Waals surface area contributed by atoms with E-state index in [0.717, 1.165) is 11.5 Å². The Balaban J connectivity index is 2.05. The fourth-order valence-corrected chi connectivity index (χ4v) is 2.57.